The molecule has 0 aliphatic rings. The highest BCUT2D eigenvalue weighted by atomic mass is 79.9. The Hall–Kier alpha value is -0.620. The maximum Gasteiger partial charge on any atom is 0.128 e. The third-order valence-corrected chi connectivity index (χ3v) is 4.60. The standard InChI is InChI=1S/C13H15BrClN3S/c1-2-5-17-12(10-3-4-11(14)19-10)9-6-8(15)7-18-13(9)16/h3-4,6-7,12,17H,2,5H2,1H3,(H2,16,18). The molecule has 0 spiro atoms. The smallest absolute Gasteiger partial charge is 0.128 e. The topological polar surface area (TPSA) is 50.9 Å². The lowest BCUT2D eigenvalue weighted by molar-refractivity contribution is 0.606. The Balaban J connectivity index is 2.39. The molecule has 3 nitrogen and oxygen atoms in total. The SMILES string of the molecule is CCCNC(c1ccc(Br)s1)c1cc(Cl)cnc1N. The molecule has 2 aromatic heterocycles. The number of pyridine rings is 1. The van der Waals surface area contributed by atoms with Gasteiger partial charge >= 0.3 is 0 Å². The van der Waals surface area contributed by atoms with Crippen molar-refractivity contribution in [3.05, 3.63) is 43.6 Å². The third-order valence-electron chi connectivity index (χ3n) is 2.70. The zero-order valence-electron chi connectivity index (χ0n) is 10.5. The van der Waals surface area contributed by atoms with Gasteiger partial charge in [-0.2, -0.15) is 0 Å². The fourth-order valence-electron chi connectivity index (χ4n) is 1.83. The Morgan fingerprint density at radius 3 is 2.95 bits per heavy atom. The molecule has 19 heavy (non-hydrogen) atoms. The number of hydrogen-bond acceptors (Lipinski definition) is 4. The molecule has 2 rings (SSSR count). The molecule has 102 valence electrons. The van der Waals surface area contributed by atoms with Gasteiger partial charge in [-0.05, 0) is 47.1 Å². The monoisotopic (exact) mass is 359 g/mol. The van der Waals surface area contributed by atoms with E-state index in [0.29, 0.717) is 10.8 Å². The molecule has 0 bridgehead atoms. The van der Waals surface area contributed by atoms with E-state index in [2.05, 4.69) is 39.2 Å². The van der Waals surface area contributed by atoms with Gasteiger partial charge in [0.2, 0.25) is 0 Å². The molecule has 6 heteroatoms. The van der Waals surface area contributed by atoms with Gasteiger partial charge in [0.15, 0.2) is 0 Å². The second kappa shape index (κ2) is 6.70. The minimum Gasteiger partial charge on any atom is -0.383 e. The van der Waals surface area contributed by atoms with E-state index in [1.54, 1.807) is 17.5 Å². The van der Waals surface area contributed by atoms with Crippen LogP contribution in [0.2, 0.25) is 5.02 Å². The van der Waals surface area contributed by atoms with Gasteiger partial charge in [0, 0.05) is 16.6 Å². The van der Waals surface area contributed by atoms with Crippen LogP contribution in [0.5, 0.6) is 0 Å². The lowest BCUT2D eigenvalue weighted by Gasteiger charge is -2.19. The number of hydrogen-bond donors (Lipinski definition) is 2. The van der Waals surface area contributed by atoms with Gasteiger partial charge in [0.25, 0.3) is 0 Å². The number of nitrogen functional groups attached to an aromatic ring is 1. The van der Waals surface area contributed by atoms with Crippen LogP contribution >= 0.6 is 38.9 Å². The van der Waals surface area contributed by atoms with Crippen LogP contribution in [0, 0.1) is 0 Å². The van der Waals surface area contributed by atoms with Crippen molar-refractivity contribution in [3.8, 4) is 0 Å². The molecule has 0 aliphatic carbocycles. The van der Waals surface area contributed by atoms with Crippen molar-refractivity contribution < 1.29 is 0 Å². The second-order valence-corrected chi connectivity index (χ2v) is 7.09. The minimum atomic E-state index is 0.0300. The molecule has 0 radical (unpaired) electrons. The highest BCUT2D eigenvalue weighted by Crippen LogP contribution is 2.33. The summed E-state index contributed by atoms with van der Waals surface area (Å²) in [5.74, 6) is 0.516. The fourth-order valence-corrected chi connectivity index (χ4v) is 3.52. The summed E-state index contributed by atoms with van der Waals surface area (Å²) in [6.45, 7) is 3.04. The number of aromatic nitrogens is 1. The van der Waals surface area contributed by atoms with Crippen LogP contribution in [0.1, 0.15) is 29.8 Å². The van der Waals surface area contributed by atoms with Crippen molar-refractivity contribution in [2.24, 2.45) is 0 Å². The molecule has 0 fully saturated rings. The molecule has 0 amide bonds. The Labute approximate surface area is 130 Å². The third kappa shape index (κ3) is 3.69. The van der Waals surface area contributed by atoms with Gasteiger partial charge in [-0.25, -0.2) is 4.98 Å². The predicted molar refractivity (Wildman–Crippen MR) is 85.8 cm³/mol. The van der Waals surface area contributed by atoms with Crippen LogP contribution in [0.4, 0.5) is 5.82 Å². The first-order valence-electron chi connectivity index (χ1n) is 6.01. The van der Waals surface area contributed by atoms with Crippen molar-refractivity contribution in [1.82, 2.24) is 10.3 Å². The summed E-state index contributed by atoms with van der Waals surface area (Å²) in [4.78, 5) is 5.33. The summed E-state index contributed by atoms with van der Waals surface area (Å²) >= 11 is 11.2. The van der Waals surface area contributed by atoms with Gasteiger partial charge in [0.1, 0.15) is 5.82 Å². The van der Waals surface area contributed by atoms with Gasteiger partial charge in [-0.1, -0.05) is 18.5 Å². The van der Waals surface area contributed by atoms with E-state index in [4.69, 9.17) is 17.3 Å². The van der Waals surface area contributed by atoms with E-state index >= 15 is 0 Å². The Morgan fingerprint density at radius 1 is 1.53 bits per heavy atom. The highest BCUT2D eigenvalue weighted by molar-refractivity contribution is 9.11. The Kier molecular flexibility index (Phi) is 5.21. The fraction of sp³-hybridized carbons (Fsp3) is 0.308. The van der Waals surface area contributed by atoms with Crippen molar-refractivity contribution >= 4 is 44.7 Å². The van der Waals surface area contributed by atoms with Crippen molar-refractivity contribution in [2.75, 3.05) is 12.3 Å². The summed E-state index contributed by atoms with van der Waals surface area (Å²) in [6.07, 6.45) is 2.62. The van der Waals surface area contributed by atoms with E-state index in [-0.39, 0.29) is 6.04 Å². The number of rotatable bonds is 5. The molecule has 0 aliphatic heterocycles. The molecular weight excluding hydrogens is 346 g/mol. The van der Waals surface area contributed by atoms with Gasteiger partial charge in [-0.15, -0.1) is 11.3 Å². The van der Waals surface area contributed by atoms with Crippen molar-refractivity contribution in [2.45, 2.75) is 19.4 Å². The van der Waals surface area contributed by atoms with E-state index in [1.165, 1.54) is 4.88 Å². The average Bonchev–Trinajstić information content (AvgIpc) is 2.80. The average molecular weight is 361 g/mol. The summed E-state index contributed by atoms with van der Waals surface area (Å²) in [7, 11) is 0. The first kappa shape index (κ1) is 14.8. The van der Waals surface area contributed by atoms with E-state index < -0.39 is 0 Å². The van der Waals surface area contributed by atoms with Crippen molar-refractivity contribution in [1.29, 1.82) is 0 Å². The molecule has 0 saturated carbocycles. The van der Waals surface area contributed by atoms with Crippen LogP contribution in [0.15, 0.2) is 28.2 Å². The zero-order valence-corrected chi connectivity index (χ0v) is 13.6. The molecule has 3 N–H and O–H groups in total. The highest BCUT2D eigenvalue weighted by Gasteiger charge is 2.19. The normalized spacial score (nSPS) is 12.6. The van der Waals surface area contributed by atoms with E-state index in [0.717, 1.165) is 22.3 Å². The molecule has 0 saturated heterocycles. The first-order chi connectivity index (χ1) is 9.11. The molecule has 1 unspecified atom stereocenters. The molecular formula is C13H15BrClN3S. The number of nitrogens with zero attached hydrogens (tertiary/aromatic N) is 1. The minimum absolute atomic E-state index is 0.0300. The Morgan fingerprint density at radius 2 is 2.32 bits per heavy atom. The zero-order chi connectivity index (χ0) is 13.8. The van der Waals surface area contributed by atoms with Gasteiger partial charge < -0.3 is 11.1 Å². The van der Waals surface area contributed by atoms with Crippen LogP contribution in [-0.2, 0) is 0 Å². The lowest BCUT2D eigenvalue weighted by Crippen LogP contribution is -2.23. The maximum atomic E-state index is 6.04. The number of anilines is 1. The molecule has 2 heterocycles. The molecule has 2 aromatic rings. The molecule has 0 aromatic carbocycles. The van der Waals surface area contributed by atoms with Crippen LogP contribution in [-0.4, -0.2) is 11.5 Å². The van der Waals surface area contributed by atoms with E-state index in [1.807, 2.05) is 12.1 Å². The summed E-state index contributed by atoms with van der Waals surface area (Å²) in [6, 6.07) is 6.03. The van der Waals surface area contributed by atoms with Gasteiger partial charge in [-0.3, -0.25) is 0 Å². The lowest BCUT2D eigenvalue weighted by atomic mass is 10.1. The predicted octanol–water partition coefficient (Wildman–Crippen LogP) is 4.23. The van der Waals surface area contributed by atoms with Gasteiger partial charge in [0.05, 0.1) is 14.9 Å². The van der Waals surface area contributed by atoms with Crippen LogP contribution in [0.25, 0.3) is 0 Å². The second-order valence-electron chi connectivity index (χ2n) is 4.16. The molecule has 1 atom stereocenters. The number of nitrogens with one attached hydrogen (secondary N) is 1. The van der Waals surface area contributed by atoms with Crippen LogP contribution in [0.3, 0.4) is 0 Å². The summed E-state index contributed by atoms with van der Waals surface area (Å²) < 4.78 is 1.10. The number of thiophene rings is 1. The van der Waals surface area contributed by atoms with Crippen molar-refractivity contribution in [3.63, 3.8) is 0 Å². The number of nitrogens with two attached hydrogens (primary N) is 1. The Bertz CT molecular complexity index is 559. The largest absolute Gasteiger partial charge is 0.383 e. The maximum absolute atomic E-state index is 6.04. The first-order valence-corrected chi connectivity index (χ1v) is 8.00. The summed E-state index contributed by atoms with van der Waals surface area (Å²) in [5, 5.41) is 4.09. The van der Waals surface area contributed by atoms with E-state index in [9.17, 15) is 0 Å². The quantitative estimate of drug-likeness (QED) is 0.839. The van der Waals surface area contributed by atoms with Crippen LogP contribution < -0.4 is 11.1 Å². The summed E-state index contributed by atoms with van der Waals surface area (Å²) in [5.41, 5.74) is 6.92. The number of halogens is 2.